The van der Waals surface area contributed by atoms with Crippen LogP contribution in [0.25, 0.3) is 0 Å². The molecule has 0 N–H and O–H groups in total. The maximum Gasteiger partial charge on any atom is 3.00 e. The first-order valence-corrected chi connectivity index (χ1v) is 14.6. The van der Waals surface area contributed by atoms with Gasteiger partial charge in [0, 0.05) is 0 Å². The summed E-state index contributed by atoms with van der Waals surface area (Å²) in [6, 6.07) is 0. The maximum absolute atomic E-state index is 11.0. The van der Waals surface area contributed by atoms with Crippen LogP contribution in [0.1, 0.15) is 41.5 Å². The first kappa shape index (κ1) is 33.8. The van der Waals surface area contributed by atoms with E-state index < -0.39 is 0 Å². The number of nitrogens with zero attached hydrogens (tertiary/aromatic N) is 3. The van der Waals surface area contributed by atoms with Gasteiger partial charge in [-0.3, -0.25) is 0 Å². The third-order valence-electron chi connectivity index (χ3n) is 4.96. The third kappa shape index (κ3) is 9.87. The zero-order valence-electron chi connectivity index (χ0n) is 18.2. The van der Waals surface area contributed by atoms with Crippen molar-refractivity contribution in [3.05, 3.63) is 19.3 Å². The molecule has 2 rings (SSSR count). The minimum atomic E-state index is 0. The zero-order chi connectivity index (χ0) is 22.8. The van der Waals surface area contributed by atoms with Crippen LogP contribution in [0.4, 0.5) is 0 Å². The summed E-state index contributed by atoms with van der Waals surface area (Å²) in [4.78, 5) is 22.3. The van der Waals surface area contributed by atoms with Crippen LogP contribution in [0, 0.1) is 0 Å². The largest absolute Gasteiger partial charge is 3.00 e. The minimum Gasteiger partial charge on any atom is 3.00 e. The molecule has 0 aromatic carbocycles. The van der Waals surface area contributed by atoms with Crippen molar-refractivity contribution < 1.29 is 26.9 Å². The second-order valence-corrected chi connectivity index (χ2v) is 12.4. The Bertz CT molecular complexity index is 783. The summed E-state index contributed by atoms with van der Waals surface area (Å²) < 4.78 is 8.45. The van der Waals surface area contributed by atoms with Gasteiger partial charge in [0.05, 0.1) is 26.2 Å². The number of hydrogen-bond acceptors (Lipinski definition) is 4. The second kappa shape index (κ2) is 17.1. The van der Waals surface area contributed by atoms with Crippen LogP contribution in [0.2, 0.25) is 0 Å². The molecular formula is C18H30AuN3O2S2Se4. The van der Waals surface area contributed by atoms with Gasteiger partial charge in [0.2, 0.25) is 0 Å². The number of aromatic nitrogens is 2. The molecule has 0 aliphatic heterocycles. The Kier molecular flexibility index (Phi) is 19.3. The van der Waals surface area contributed by atoms with Crippen molar-refractivity contribution in [2.75, 3.05) is 26.2 Å². The molecular weight excluding hydrogens is 867 g/mol. The van der Waals surface area contributed by atoms with Gasteiger partial charge >= 0.3 is 181 Å². The molecule has 12 heteroatoms. The normalized spacial score (nSPS) is 10.3. The van der Waals surface area contributed by atoms with Crippen molar-refractivity contribution in [1.29, 1.82) is 0 Å². The molecule has 0 aliphatic rings. The fourth-order valence-corrected chi connectivity index (χ4v) is 7.04. The van der Waals surface area contributed by atoms with Gasteiger partial charge in [-0.1, -0.05) is 0 Å². The van der Waals surface area contributed by atoms with Crippen molar-refractivity contribution in [3.63, 3.8) is 0 Å². The molecule has 2 aromatic rings. The Hall–Kier alpha value is 1.64. The number of rotatable bonds is 6. The molecule has 0 radical (unpaired) electrons. The van der Waals surface area contributed by atoms with E-state index in [1.807, 2.05) is 13.8 Å². The van der Waals surface area contributed by atoms with E-state index in [1.54, 1.807) is 9.13 Å². The smallest absolute Gasteiger partial charge is 3.00 e. The first-order valence-electron chi connectivity index (χ1n) is 9.58. The summed E-state index contributed by atoms with van der Waals surface area (Å²) >= 11 is 13.9. The maximum atomic E-state index is 11.0. The molecule has 0 unspecified atom stereocenters. The van der Waals surface area contributed by atoms with E-state index in [4.69, 9.17) is 0 Å². The third-order valence-corrected chi connectivity index (χ3v) is 12.0. The van der Waals surface area contributed by atoms with Gasteiger partial charge in [-0.25, -0.2) is 0 Å². The van der Waals surface area contributed by atoms with Gasteiger partial charge in [-0.15, -0.1) is 0 Å². The van der Waals surface area contributed by atoms with E-state index in [2.05, 4.69) is 91.7 Å². The van der Waals surface area contributed by atoms with Crippen molar-refractivity contribution in [2.24, 2.45) is 0 Å². The fourth-order valence-electron chi connectivity index (χ4n) is 2.63. The van der Waals surface area contributed by atoms with E-state index in [9.17, 15) is 9.59 Å². The fraction of sp³-hybridized carbons (Fsp3) is 0.667. The molecule has 0 saturated heterocycles. The number of hydrogen-bond donors (Lipinski definition) is 0. The molecule has 0 amide bonds. The molecule has 0 bridgehead atoms. The summed E-state index contributed by atoms with van der Waals surface area (Å²) in [6.45, 7) is 19.6. The SMILES string of the molecule is CC[N+](CC)(CC)CC.CCn1c([Se-])c([Se-])sc1=O.CCn1c([Se-])c([Se-])sc1=O.[Au+3]. The average Bonchev–Trinajstić information content (AvgIpc) is 3.11. The Labute approximate surface area is 237 Å². The van der Waals surface area contributed by atoms with E-state index in [0.29, 0.717) is 0 Å². The molecule has 0 fully saturated rings. The number of quaternary nitrogens is 1. The van der Waals surface area contributed by atoms with Crippen molar-refractivity contribution >= 4 is 103 Å². The Morgan fingerprint density at radius 3 is 1.00 bits per heavy atom. The summed E-state index contributed by atoms with van der Waals surface area (Å²) in [5, 5.41) is 0. The van der Waals surface area contributed by atoms with Crippen LogP contribution in [0.5, 0.6) is 0 Å². The quantitative estimate of drug-likeness (QED) is 0.274. The van der Waals surface area contributed by atoms with Gasteiger partial charge in [0.15, 0.2) is 0 Å². The van der Waals surface area contributed by atoms with Gasteiger partial charge < -0.3 is 4.48 Å². The average molecular weight is 897 g/mol. The van der Waals surface area contributed by atoms with Crippen LogP contribution >= 0.6 is 22.7 Å². The predicted molar refractivity (Wildman–Crippen MR) is 132 cm³/mol. The first-order chi connectivity index (χ1) is 13.6. The summed E-state index contributed by atoms with van der Waals surface area (Å²) in [7, 11) is 0. The Balaban J connectivity index is 0. The van der Waals surface area contributed by atoms with E-state index >= 15 is 0 Å². The molecule has 30 heavy (non-hydrogen) atoms. The molecule has 2 heterocycles. The van der Waals surface area contributed by atoms with Crippen LogP contribution < -0.4 is 26.5 Å². The molecule has 0 aliphatic carbocycles. The topological polar surface area (TPSA) is 44.0 Å². The van der Waals surface area contributed by atoms with E-state index in [1.165, 1.54) is 53.3 Å². The van der Waals surface area contributed by atoms with E-state index in [-0.39, 0.29) is 32.1 Å². The zero-order valence-corrected chi connectivity index (χ0v) is 28.8. The molecule has 0 spiro atoms. The van der Waals surface area contributed by atoms with Gasteiger partial charge in [0.1, 0.15) is 0 Å². The summed E-state index contributed by atoms with van der Waals surface area (Å²) in [6.07, 6.45) is 0. The van der Waals surface area contributed by atoms with Crippen molar-refractivity contribution in [2.45, 2.75) is 54.6 Å². The Morgan fingerprint density at radius 2 is 0.933 bits per heavy atom. The monoisotopic (exact) mass is 901 g/mol. The predicted octanol–water partition coefficient (Wildman–Crippen LogP) is -1.09. The van der Waals surface area contributed by atoms with Crippen LogP contribution in [-0.2, 0) is 35.5 Å². The van der Waals surface area contributed by atoms with Crippen LogP contribution in [-0.4, -0.2) is 104 Å². The van der Waals surface area contributed by atoms with Gasteiger partial charge in [-0.05, 0) is 27.7 Å². The van der Waals surface area contributed by atoms with Crippen LogP contribution in [0.15, 0.2) is 9.59 Å². The Morgan fingerprint density at radius 1 is 0.667 bits per heavy atom. The second-order valence-electron chi connectivity index (χ2n) is 6.02. The molecule has 0 atom stereocenters. The minimum absolute atomic E-state index is 0. The number of thiazole rings is 2. The van der Waals surface area contributed by atoms with E-state index in [0.717, 1.165) is 29.8 Å². The molecule has 5 nitrogen and oxygen atoms in total. The van der Waals surface area contributed by atoms with Gasteiger partial charge in [0.25, 0.3) is 0 Å². The molecule has 2 aromatic heterocycles. The van der Waals surface area contributed by atoms with Crippen molar-refractivity contribution in [3.8, 4) is 0 Å². The van der Waals surface area contributed by atoms with Crippen LogP contribution in [0.3, 0.4) is 0 Å². The molecule has 176 valence electrons. The van der Waals surface area contributed by atoms with Gasteiger partial charge in [-0.2, -0.15) is 0 Å². The standard InChI is InChI=1S/C8H20N.2C5H7NOSSe2.Au/c1-5-9(6-2,7-3)8-4;2*1-2-6-3(9)4(10)8-5(6)7;/h5-8H2,1-4H3;2*9-10H,2H2,1H3;/q+1;;;+3/p-4. The summed E-state index contributed by atoms with van der Waals surface area (Å²) in [5.74, 6) is 0. The molecule has 0 saturated carbocycles. The van der Waals surface area contributed by atoms with Crippen molar-refractivity contribution in [1.82, 2.24) is 9.13 Å². The summed E-state index contributed by atoms with van der Waals surface area (Å²) in [5.41, 5.74) is 0.